The first-order valence-electron chi connectivity index (χ1n) is 8.50. The number of hydrogen-bond donors (Lipinski definition) is 2. The molecular weight excluding hydrogens is 348 g/mol. The standard InChI is InChI=1S/C16H24N2O4S2/c19-23(20,15-8-1-2-9-15)17-13-6-5-7-14(12-13)18-24(21,22)16-10-3-4-11-16/h5-7,12,15-18H,1-4,8-11H2. The van der Waals surface area contributed by atoms with Crippen molar-refractivity contribution in [3.63, 3.8) is 0 Å². The summed E-state index contributed by atoms with van der Waals surface area (Å²) in [5, 5.41) is -0.701. The lowest BCUT2D eigenvalue weighted by atomic mass is 10.3. The number of nitrogens with one attached hydrogen (secondary N) is 2. The molecule has 3 rings (SSSR count). The summed E-state index contributed by atoms with van der Waals surface area (Å²) >= 11 is 0. The van der Waals surface area contributed by atoms with Crippen LogP contribution >= 0.6 is 0 Å². The molecule has 0 amide bonds. The Labute approximate surface area is 144 Å². The number of hydrogen-bond acceptors (Lipinski definition) is 4. The van der Waals surface area contributed by atoms with E-state index in [0.29, 0.717) is 37.1 Å². The van der Waals surface area contributed by atoms with E-state index >= 15 is 0 Å². The van der Waals surface area contributed by atoms with E-state index in [9.17, 15) is 16.8 Å². The molecule has 0 atom stereocenters. The quantitative estimate of drug-likeness (QED) is 0.803. The molecule has 6 nitrogen and oxygen atoms in total. The van der Waals surface area contributed by atoms with Crippen LogP contribution in [0.3, 0.4) is 0 Å². The molecule has 0 aliphatic heterocycles. The molecular formula is C16H24N2O4S2. The van der Waals surface area contributed by atoms with Crippen molar-refractivity contribution in [2.75, 3.05) is 9.44 Å². The molecule has 0 aromatic heterocycles. The second kappa shape index (κ2) is 6.92. The maximum atomic E-state index is 12.4. The van der Waals surface area contributed by atoms with Crippen molar-refractivity contribution in [3.05, 3.63) is 24.3 Å². The molecule has 2 N–H and O–H groups in total. The van der Waals surface area contributed by atoms with Crippen LogP contribution in [0.15, 0.2) is 24.3 Å². The Morgan fingerprint density at radius 2 is 1.08 bits per heavy atom. The molecule has 0 spiro atoms. The van der Waals surface area contributed by atoms with Gasteiger partial charge in [0.2, 0.25) is 20.0 Å². The molecule has 8 heteroatoms. The highest BCUT2D eigenvalue weighted by Crippen LogP contribution is 2.29. The van der Waals surface area contributed by atoms with Crippen LogP contribution in [-0.4, -0.2) is 27.3 Å². The largest absolute Gasteiger partial charge is 0.283 e. The Balaban J connectivity index is 1.72. The zero-order valence-electron chi connectivity index (χ0n) is 13.6. The summed E-state index contributed by atoms with van der Waals surface area (Å²) in [5.41, 5.74) is 0.794. The Morgan fingerprint density at radius 3 is 1.46 bits per heavy atom. The maximum Gasteiger partial charge on any atom is 0.235 e. The highest BCUT2D eigenvalue weighted by atomic mass is 32.2. The molecule has 24 heavy (non-hydrogen) atoms. The fourth-order valence-corrected chi connectivity index (χ4v) is 6.69. The van der Waals surface area contributed by atoms with E-state index in [1.54, 1.807) is 24.3 Å². The minimum Gasteiger partial charge on any atom is -0.283 e. The first-order chi connectivity index (χ1) is 11.4. The van der Waals surface area contributed by atoms with Gasteiger partial charge in [-0.25, -0.2) is 16.8 Å². The summed E-state index contributed by atoms with van der Waals surface area (Å²) < 4.78 is 54.6. The van der Waals surface area contributed by atoms with E-state index in [-0.39, 0.29) is 10.5 Å². The van der Waals surface area contributed by atoms with Crippen LogP contribution in [0.25, 0.3) is 0 Å². The summed E-state index contributed by atoms with van der Waals surface area (Å²) in [4.78, 5) is 0. The highest BCUT2D eigenvalue weighted by Gasteiger charge is 2.30. The molecule has 2 aliphatic carbocycles. The van der Waals surface area contributed by atoms with Crippen LogP contribution in [-0.2, 0) is 20.0 Å². The third-order valence-corrected chi connectivity index (χ3v) is 8.60. The van der Waals surface area contributed by atoms with Crippen molar-refractivity contribution in [2.24, 2.45) is 0 Å². The molecule has 1 aromatic rings. The van der Waals surface area contributed by atoms with Gasteiger partial charge in [-0.2, -0.15) is 0 Å². The van der Waals surface area contributed by atoms with E-state index in [1.165, 1.54) is 0 Å². The lowest BCUT2D eigenvalue weighted by molar-refractivity contribution is 0.584. The van der Waals surface area contributed by atoms with Gasteiger partial charge in [0, 0.05) is 0 Å². The van der Waals surface area contributed by atoms with Crippen LogP contribution in [0.2, 0.25) is 0 Å². The van der Waals surface area contributed by atoms with E-state index < -0.39 is 20.0 Å². The van der Waals surface area contributed by atoms with Gasteiger partial charge in [0.15, 0.2) is 0 Å². The highest BCUT2D eigenvalue weighted by molar-refractivity contribution is 7.93. The molecule has 2 fully saturated rings. The monoisotopic (exact) mass is 372 g/mol. The van der Waals surface area contributed by atoms with Gasteiger partial charge in [0.1, 0.15) is 0 Å². The SMILES string of the molecule is O=S(=O)(Nc1cccc(NS(=O)(=O)C2CCCC2)c1)C1CCCC1. The first kappa shape index (κ1) is 17.5. The van der Waals surface area contributed by atoms with Gasteiger partial charge in [-0.1, -0.05) is 31.7 Å². The topological polar surface area (TPSA) is 92.3 Å². The molecule has 0 saturated heterocycles. The predicted molar refractivity (Wildman–Crippen MR) is 96.0 cm³/mol. The smallest absolute Gasteiger partial charge is 0.235 e. The molecule has 0 heterocycles. The fraction of sp³-hybridized carbons (Fsp3) is 0.625. The van der Waals surface area contributed by atoms with Gasteiger partial charge >= 0.3 is 0 Å². The Morgan fingerprint density at radius 1 is 0.708 bits per heavy atom. The van der Waals surface area contributed by atoms with Crippen molar-refractivity contribution in [2.45, 2.75) is 61.9 Å². The lowest BCUT2D eigenvalue weighted by Gasteiger charge is -2.16. The Kier molecular flexibility index (Phi) is 5.05. The van der Waals surface area contributed by atoms with Crippen LogP contribution in [0.4, 0.5) is 11.4 Å². The van der Waals surface area contributed by atoms with Gasteiger partial charge in [0.25, 0.3) is 0 Å². The average molecular weight is 373 g/mol. The average Bonchev–Trinajstić information content (AvgIpc) is 3.21. The van der Waals surface area contributed by atoms with E-state index in [2.05, 4.69) is 9.44 Å². The number of sulfonamides is 2. The van der Waals surface area contributed by atoms with Crippen molar-refractivity contribution >= 4 is 31.4 Å². The molecule has 2 saturated carbocycles. The van der Waals surface area contributed by atoms with Crippen molar-refractivity contribution in [3.8, 4) is 0 Å². The molecule has 0 unspecified atom stereocenters. The number of benzene rings is 1. The van der Waals surface area contributed by atoms with Gasteiger partial charge < -0.3 is 0 Å². The summed E-state index contributed by atoms with van der Waals surface area (Å²) in [5.74, 6) is 0. The molecule has 134 valence electrons. The van der Waals surface area contributed by atoms with Gasteiger partial charge in [-0.3, -0.25) is 9.44 Å². The zero-order chi connectivity index (χ0) is 17.2. The second-order valence-electron chi connectivity index (χ2n) is 6.69. The van der Waals surface area contributed by atoms with Crippen molar-refractivity contribution in [1.82, 2.24) is 0 Å². The Bertz CT molecular complexity index is 715. The van der Waals surface area contributed by atoms with Crippen LogP contribution in [0, 0.1) is 0 Å². The fourth-order valence-electron chi connectivity index (χ4n) is 3.54. The van der Waals surface area contributed by atoms with E-state index in [0.717, 1.165) is 25.7 Å². The van der Waals surface area contributed by atoms with E-state index in [4.69, 9.17) is 0 Å². The second-order valence-corrected chi connectivity index (χ2v) is 10.6. The Hall–Kier alpha value is -1.28. The molecule has 0 bridgehead atoms. The summed E-state index contributed by atoms with van der Waals surface area (Å²) in [6.45, 7) is 0. The normalized spacial score (nSPS) is 20.3. The van der Waals surface area contributed by atoms with Crippen molar-refractivity contribution < 1.29 is 16.8 Å². The third-order valence-electron chi connectivity index (χ3n) is 4.86. The lowest BCUT2D eigenvalue weighted by Crippen LogP contribution is -2.26. The van der Waals surface area contributed by atoms with E-state index in [1.807, 2.05) is 0 Å². The van der Waals surface area contributed by atoms with Gasteiger partial charge in [0.05, 0.1) is 21.9 Å². The predicted octanol–water partition coefficient (Wildman–Crippen LogP) is 3.06. The minimum absolute atomic E-state index is 0.351. The molecule has 1 aromatic carbocycles. The van der Waals surface area contributed by atoms with Crippen molar-refractivity contribution in [1.29, 1.82) is 0 Å². The number of rotatable bonds is 6. The van der Waals surface area contributed by atoms with Gasteiger partial charge in [-0.05, 0) is 43.9 Å². The maximum absolute atomic E-state index is 12.4. The number of anilines is 2. The van der Waals surface area contributed by atoms with Crippen LogP contribution in [0.5, 0.6) is 0 Å². The minimum atomic E-state index is -3.42. The third kappa shape index (κ3) is 4.03. The summed E-state index contributed by atoms with van der Waals surface area (Å²) in [7, 11) is -6.83. The first-order valence-corrected chi connectivity index (χ1v) is 11.6. The van der Waals surface area contributed by atoms with Crippen LogP contribution in [0.1, 0.15) is 51.4 Å². The van der Waals surface area contributed by atoms with Gasteiger partial charge in [-0.15, -0.1) is 0 Å². The van der Waals surface area contributed by atoms with Crippen LogP contribution < -0.4 is 9.44 Å². The summed E-state index contributed by atoms with van der Waals surface area (Å²) in [6.07, 6.45) is 6.48. The summed E-state index contributed by atoms with van der Waals surface area (Å²) in [6, 6.07) is 6.47. The molecule has 2 aliphatic rings. The zero-order valence-corrected chi connectivity index (χ0v) is 15.2. The molecule has 0 radical (unpaired) electrons.